The molecule has 1 aliphatic carbocycles. The summed E-state index contributed by atoms with van der Waals surface area (Å²) in [5.74, 6) is -3.85. The monoisotopic (exact) mass is 1030 g/mol. The van der Waals surface area contributed by atoms with Crippen molar-refractivity contribution in [3.05, 3.63) is 63.6 Å². The SMILES string of the molecule is CC[C@H](C)[C@H](CC(=O)[C@H]1CCCCN1C)C(=O)N(C)[C@H](C[C@@H](OC)c1nc(C(=O)N[C@@H](Cc2ccc(CC(=O)[C@H](CCCCN)NC(=O)CCCCCC3C(=O)C=CC3=O)cc2)CC(C)C(=O)O)cs1)C(C)C. The van der Waals surface area contributed by atoms with Crippen LogP contribution in [0.15, 0.2) is 41.8 Å². The highest BCUT2D eigenvalue weighted by molar-refractivity contribution is 7.09. The van der Waals surface area contributed by atoms with Crippen molar-refractivity contribution in [2.24, 2.45) is 35.3 Å². The number of Topliss-reactive ketones (excluding diaryl/α,β-unsaturated/α-hetero) is 2. The number of unbranched alkanes of at least 4 members (excludes halogenated alkanes) is 3. The number of piperidine rings is 1. The van der Waals surface area contributed by atoms with Crippen LogP contribution in [-0.4, -0.2) is 125 Å². The molecule has 0 spiro atoms. The first-order chi connectivity index (χ1) is 34.8. The Bertz CT molecular complexity index is 2180. The van der Waals surface area contributed by atoms with Gasteiger partial charge in [0.1, 0.15) is 16.8 Å². The normalized spacial score (nSPS) is 18.2. The van der Waals surface area contributed by atoms with E-state index >= 15 is 0 Å². The van der Waals surface area contributed by atoms with Gasteiger partial charge in [-0.25, -0.2) is 4.98 Å². The van der Waals surface area contributed by atoms with E-state index in [9.17, 15) is 43.5 Å². The van der Waals surface area contributed by atoms with Gasteiger partial charge in [0, 0.05) is 63.2 Å². The summed E-state index contributed by atoms with van der Waals surface area (Å²) >= 11 is 1.28. The first kappa shape index (κ1) is 60.6. The predicted octanol–water partition coefficient (Wildman–Crippen LogP) is 7.26. The molecular weight excluding hydrogens is 949 g/mol. The van der Waals surface area contributed by atoms with Crippen LogP contribution in [0.5, 0.6) is 0 Å². The van der Waals surface area contributed by atoms with E-state index in [1.54, 1.807) is 24.3 Å². The number of aliphatic carboxylic acids is 1. The fourth-order valence-corrected chi connectivity index (χ4v) is 11.0. The third-order valence-corrected chi connectivity index (χ3v) is 16.0. The summed E-state index contributed by atoms with van der Waals surface area (Å²) in [4.78, 5) is 113. The van der Waals surface area contributed by atoms with Crippen LogP contribution in [0.25, 0.3) is 0 Å². The summed E-state index contributed by atoms with van der Waals surface area (Å²) in [7, 11) is 5.38. The standard InChI is InChI=1S/C56H84N6O10S/c1-9-36(4)42(32-50(66)45-19-14-16-28-61(45)6)55(69)62(7)46(35(2)3)33-51(72-8)54-60-44(34-73-54)53(68)58-40(29-37(5)56(70)71)30-38-21-23-39(24-22-38)31-49(65)43(18-13-15-27-57)59-52(67)20-12-10-11-17-41-47(63)25-26-48(41)64/h21-26,34-37,40-43,45-46,51H,9-20,27-33,57H2,1-8H3,(H,58,68)(H,59,67)(H,70,71)/t36-,37?,40+,42-,43-,45+,46+,51+/m0/s1. The van der Waals surface area contributed by atoms with Crippen LogP contribution in [0, 0.1) is 29.6 Å². The topological polar surface area (TPSA) is 235 Å². The van der Waals surface area contributed by atoms with Crippen molar-refractivity contribution in [3.8, 4) is 0 Å². The Kier molecular flexibility index (Phi) is 25.2. The maximum Gasteiger partial charge on any atom is 0.306 e. The highest BCUT2D eigenvalue weighted by Crippen LogP contribution is 2.33. The molecular formula is C56H84N6O10S. The third kappa shape index (κ3) is 18.7. The zero-order chi connectivity index (χ0) is 53.8. The molecule has 1 aromatic heterocycles. The van der Waals surface area contributed by atoms with E-state index in [0.29, 0.717) is 69.3 Å². The van der Waals surface area contributed by atoms with E-state index in [2.05, 4.69) is 29.4 Å². The van der Waals surface area contributed by atoms with Crippen LogP contribution in [0.1, 0.15) is 164 Å². The lowest BCUT2D eigenvalue weighted by molar-refractivity contribution is -0.143. The summed E-state index contributed by atoms with van der Waals surface area (Å²) in [5, 5.41) is 18.0. The van der Waals surface area contributed by atoms with Gasteiger partial charge >= 0.3 is 5.97 Å². The maximum atomic E-state index is 14.4. The molecule has 2 aliphatic rings. The number of hydrogen-bond acceptors (Lipinski definition) is 13. The number of carboxylic acids is 1. The molecule has 1 aromatic carbocycles. The van der Waals surface area contributed by atoms with Gasteiger partial charge in [0.25, 0.3) is 5.91 Å². The molecule has 3 amide bonds. The molecule has 2 aromatic rings. The lowest BCUT2D eigenvalue weighted by atomic mass is 9.83. The Morgan fingerprint density at radius 2 is 1.62 bits per heavy atom. The van der Waals surface area contributed by atoms with E-state index in [1.807, 2.05) is 52.2 Å². The average Bonchev–Trinajstić information content (AvgIpc) is 3.98. The quantitative estimate of drug-likeness (QED) is 0.0408. The number of carbonyl (C=O) groups excluding carboxylic acids is 7. The predicted molar refractivity (Wildman–Crippen MR) is 283 cm³/mol. The van der Waals surface area contributed by atoms with Crippen molar-refractivity contribution in [1.29, 1.82) is 0 Å². The van der Waals surface area contributed by atoms with Crippen LogP contribution in [0.3, 0.4) is 0 Å². The van der Waals surface area contributed by atoms with Crippen molar-refractivity contribution in [3.63, 3.8) is 0 Å². The van der Waals surface area contributed by atoms with Gasteiger partial charge in [-0.2, -0.15) is 0 Å². The first-order valence-electron chi connectivity index (χ1n) is 26.6. The lowest BCUT2D eigenvalue weighted by Crippen LogP contribution is -2.48. The highest BCUT2D eigenvalue weighted by atomic mass is 32.1. The molecule has 1 saturated heterocycles. The molecule has 1 fully saturated rings. The van der Waals surface area contributed by atoms with E-state index in [-0.39, 0.29) is 90.2 Å². The van der Waals surface area contributed by atoms with Crippen LogP contribution in [-0.2, 0) is 51.1 Å². The van der Waals surface area contributed by atoms with Gasteiger partial charge in [0.05, 0.1) is 23.9 Å². The van der Waals surface area contributed by atoms with Crippen molar-refractivity contribution in [2.45, 2.75) is 174 Å². The molecule has 0 saturated carbocycles. The number of methoxy groups -OCH3 is 1. The number of nitrogens with zero attached hydrogens (tertiary/aromatic N) is 3. The van der Waals surface area contributed by atoms with E-state index < -0.39 is 47.8 Å². The molecule has 73 heavy (non-hydrogen) atoms. The Morgan fingerprint density at radius 1 is 0.932 bits per heavy atom. The van der Waals surface area contributed by atoms with Gasteiger partial charge in [-0.1, -0.05) is 84.6 Å². The molecule has 404 valence electrons. The van der Waals surface area contributed by atoms with Crippen LogP contribution in [0.4, 0.5) is 0 Å². The molecule has 4 rings (SSSR count). The number of allylic oxidation sites excluding steroid dienone is 2. The van der Waals surface area contributed by atoms with Gasteiger partial charge in [-0.15, -0.1) is 11.3 Å². The number of hydrogen-bond donors (Lipinski definition) is 4. The molecule has 16 nitrogen and oxygen atoms in total. The molecule has 2 heterocycles. The molecule has 1 aliphatic heterocycles. The second-order valence-electron chi connectivity index (χ2n) is 20.9. The van der Waals surface area contributed by atoms with Gasteiger partial charge in [0.15, 0.2) is 23.1 Å². The molecule has 0 radical (unpaired) electrons. The lowest BCUT2D eigenvalue weighted by Gasteiger charge is -2.37. The van der Waals surface area contributed by atoms with Gasteiger partial charge in [0.2, 0.25) is 11.8 Å². The zero-order valence-corrected chi connectivity index (χ0v) is 45.5. The van der Waals surface area contributed by atoms with Gasteiger partial charge in [-0.3, -0.25) is 43.3 Å². The molecule has 17 heteroatoms. The number of ether oxygens (including phenoxy) is 1. The van der Waals surface area contributed by atoms with Gasteiger partial charge in [-0.05, 0) is 113 Å². The minimum Gasteiger partial charge on any atom is -0.481 e. The number of amides is 3. The van der Waals surface area contributed by atoms with Crippen LogP contribution >= 0.6 is 11.3 Å². The van der Waals surface area contributed by atoms with E-state index in [4.69, 9.17) is 15.5 Å². The van der Waals surface area contributed by atoms with Crippen molar-refractivity contribution >= 4 is 58.2 Å². The Hall–Kier alpha value is -4.97. The fraction of sp³-hybridized carbons (Fsp3) is 0.661. The summed E-state index contributed by atoms with van der Waals surface area (Å²) in [6.07, 6.45) is 11.3. The number of nitrogens with two attached hydrogens (primary N) is 1. The highest BCUT2D eigenvalue weighted by Gasteiger charge is 2.37. The number of aromatic nitrogens is 1. The van der Waals surface area contributed by atoms with E-state index in [1.165, 1.54) is 23.5 Å². The number of thiazole rings is 1. The van der Waals surface area contributed by atoms with Crippen molar-refractivity contribution < 1.29 is 48.2 Å². The molecule has 8 atom stereocenters. The largest absolute Gasteiger partial charge is 0.481 e. The zero-order valence-electron chi connectivity index (χ0n) is 44.7. The second kappa shape index (κ2) is 30.4. The van der Waals surface area contributed by atoms with Crippen molar-refractivity contribution in [1.82, 2.24) is 25.4 Å². The maximum absolute atomic E-state index is 14.4. The number of likely N-dealkylation sites (N-methyl/N-ethyl adjacent to an activating group) is 1. The van der Waals surface area contributed by atoms with Crippen LogP contribution < -0.4 is 16.4 Å². The average molecular weight is 1030 g/mol. The minimum atomic E-state index is -0.991. The third-order valence-electron chi connectivity index (χ3n) is 15.0. The number of carbonyl (C=O) groups is 8. The van der Waals surface area contributed by atoms with Crippen molar-refractivity contribution in [2.75, 3.05) is 34.3 Å². The Balaban J connectivity index is 1.38. The summed E-state index contributed by atoms with van der Waals surface area (Å²) < 4.78 is 5.98. The summed E-state index contributed by atoms with van der Waals surface area (Å²) in [6.45, 7) is 11.1. The number of benzene rings is 1. The first-order valence-corrected chi connectivity index (χ1v) is 27.5. The number of likely N-dealkylation sites (tertiary alicyclic amines) is 1. The smallest absolute Gasteiger partial charge is 0.306 e. The van der Waals surface area contributed by atoms with E-state index in [0.717, 1.165) is 43.4 Å². The van der Waals surface area contributed by atoms with Crippen LogP contribution in [0.2, 0.25) is 0 Å². The number of carboxylic acid groups (broad SMARTS) is 1. The minimum absolute atomic E-state index is 0.0121. The summed E-state index contributed by atoms with van der Waals surface area (Å²) in [5.41, 5.74) is 7.45. The molecule has 0 bridgehead atoms. The number of nitrogens with one attached hydrogen (secondary N) is 2. The Morgan fingerprint density at radius 3 is 2.23 bits per heavy atom. The molecule has 1 unspecified atom stereocenters. The number of ketones is 4. The number of rotatable bonds is 33. The Labute approximate surface area is 437 Å². The summed E-state index contributed by atoms with van der Waals surface area (Å²) in [6, 6.07) is 5.68. The molecule has 5 N–H and O–H groups in total. The second-order valence-corrected chi connectivity index (χ2v) is 21.8. The fourth-order valence-electron chi connectivity index (χ4n) is 10.1. The van der Waals surface area contributed by atoms with Gasteiger partial charge < -0.3 is 31.1 Å².